The molecule has 1 aliphatic carbocycles. The second kappa shape index (κ2) is 7.39. The van der Waals surface area contributed by atoms with Gasteiger partial charge in [0.25, 0.3) is 0 Å². The largest absolute Gasteiger partial charge is 0.468 e. The van der Waals surface area contributed by atoms with Crippen molar-refractivity contribution in [2.45, 2.75) is 6.04 Å². The van der Waals surface area contributed by atoms with Crippen LogP contribution in [-0.2, 0) is 19.1 Å². The molecule has 0 fully saturated rings. The van der Waals surface area contributed by atoms with Gasteiger partial charge in [0.1, 0.15) is 0 Å². The number of benzene rings is 2. The Hall–Kier alpha value is -3.67. The van der Waals surface area contributed by atoms with Crippen molar-refractivity contribution < 1.29 is 19.1 Å². The molecule has 29 heavy (non-hydrogen) atoms. The average molecular weight is 388 g/mol. The molecular weight excluding hydrogens is 368 g/mol. The quantitative estimate of drug-likeness (QED) is 0.506. The summed E-state index contributed by atoms with van der Waals surface area (Å²) in [6.07, 6.45) is 6.78. The summed E-state index contributed by atoms with van der Waals surface area (Å²) in [7, 11) is 2.56. The zero-order valence-electron chi connectivity index (χ0n) is 16.1. The summed E-state index contributed by atoms with van der Waals surface area (Å²) in [6.45, 7) is 0. The molecule has 6 heteroatoms. The van der Waals surface area contributed by atoms with Gasteiger partial charge in [-0.25, -0.2) is 4.98 Å². The fraction of sp³-hybridized carbons (Fsp3) is 0.174. The van der Waals surface area contributed by atoms with E-state index in [1.165, 1.54) is 14.2 Å². The van der Waals surface area contributed by atoms with Crippen LogP contribution in [0.2, 0.25) is 0 Å². The Bertz CT molecular complexity index is 1060. The smallest absolute Gasteiger partial charge is 0.330 e. The maximum atomic E-state index is 13.3. The minimum atomic E-state index is -1.70. The monoisotopic (exact) mass is 388 g/mol. The fourth-order valence-corrected chi connectivity index (χ4v) is 4.14. The second-order valence-corrected chi connectivity index (χ2v) is 6.76. The lowest BCUT2D eigenvalue weighted by Gasteiger charge is -2.32. The molecule has 1 aliphatic rings. The van der Waals surface area contributed by atoms with Crippen LogP contribution in [0.5, 0.6) is 0 Å². The van der Waals surface area contributed by atoms with Crippen molar-refractivity contribution in [3.8, 4) is 0 Å². The Kier molecular flexibility index (Phi) is 4.76. The van der Waals surface area contributed by atoms with Crippen molar-refractivity contribution in [1.82, 2.24) is 9.55 Å². The van der Waals surface area contributed by atoms with Gasteiger partial charge in [0.2, 0.25) is 5.41 Å². The van der Waals surface area contributed by atoms with E-state index in [0.717, 1.165) is 16.7 Å². The number of nitrogens with zero attached hydrogens (tertiary/aromatic N) is 2. The van der Waals surface area contributed by atoms with Crippen LogP contribution in [-0.4, -0.2) is 35.7 Å². The lowest BCUT2D eigenvalue weighted by Crippen LogP contribution is -2.46. The number of ether oxygens (including phenoxy) is 2. The highest BCUT2D eigenvalue weighted by Gasteiger charge is 2.63. The van der Waals surface area contributed by atoms with Crippen LogP contribution in [0, 0.1) is 5.41 Å². The van der Waals surface area contributed by atoms with E-state index in [2.05, 4.69) is 4.98 Å². The molecule has 0 aliphatic heterocycles. The van der Waals surface area contributed by atoms with E-state index in [-0.39, 0.29) is 0 Å². The maximum absolute atomic E-state index is 13.3. The van der Waals surface area contributed by atoms with Crippen LogP contribution < -0.4 is 0 Å². The van der Waals surface area contributed by atoms with Gasteiger partial charge < -0.3 is 14.0 Å². The second-order valence-electron chi connectivity index (χ2n) is 6.76. The van der Waals surface area contributed by atoms with E-state index in [1.54, 1.807) is 23.3 Å². The van der Waals surface area contributed by atoms with E-state index < -0.39 is 23.4 Å². The molecule has 6 nitrogen and oxygen atoms in total. The van der Waals surface area contributed by atoms with E-state index in [0.29, 0.717) is 5.57 Å². The Morgan fingerprint density at radius 1 is 1.00 bits per heavy atom. The number of fused-ring (bicyclic) bond motifs is 1. The van der Waals surface area contributed by atoms with Crippen molar-refractivity contribution in [3.05, 3.63) is 90.0 Å². The molecule has 0 spiro atoms. The first-order valence-corrected chi connectivity index (χ1v) is 9.15. The molecule has 1 atom stereocenters. The zero-order chi connectivity index (χ0) is 20.4. The van der Waals surface area contributed by atoms with Gasteiger partial charge in [-0.15, -0.1) is 0 Å². The summed E-state index contributed by atoms with van der Waals surface area (Å²) < 4.78 is 12.1. The van der Waals surface area contributed by atoms with E-state index >= 15 is 0 Å². The third-order valence-corrected chi connectivity index (χ3v) is 5.33. The number of esters is 2. The van der Waals surface area contributed by atoms with E-state index in [4.69, 9.17) is 9.47 Å². The SMILES string of the molecule is COC(=O)C1(C(=O)OC)/C(=C\c2ccccc2)c2ccccc2C1n1ccnc1. The van der Waals surface area contributed by atoms with Crippen LogP contribution in [0.1, 0.15) is 22.7 Å². The van der Waals surface area contributed by atoms with Gasteiger partial charge in [0.15, 0.2) is 0 Å². The van der Waals surface area contributed by atoms with Crippen LogP contribution in [0.25, 0.3) is 11.6 Å². The predicted molar refractivity (Wildman–Crippen MR) is 108 cm³/mol. The summed E-state index contributed by atoms with van der Waals surface area (Å²) in [6, 6.07) is 16.4. The number of imidazole rings is 1. The van der Waals surface area contributed by atoms with Gasteiger partial charge in [0.05, 0.1) is 26.6 Å². The summed E-state index contributed by atoms with van der Waals surface area (Å²) in [5, 5.41) is 0. The van der Waals surface area contributed by atoms with Gasteiger partial charge in [-0.3, -0.25) is 9.59 Å². The third kappa shape index (κ3) is 2.76. The van der Waals surface area contributed by atoms with Gasteiger partial charge in [-0.2, -0.15) is 0 Å². The molecule has 1 unspecified atom stereocenters. The minimum Gasteiger partial charge on any atom is -0.468 e. The number of hydrogen-bond donors (Lipinski definition) is 0. The minimum absolute atomic E-state index is 0.539. The predicted octanol–water partition coefficient (Wildman–Crippen LogP) is 3.36. The number of hydrogen-bond acceptors (Lipinski definition) is 5. The molecule has 3 aromatic rings. The molecule has 1 heterocycles. The Morgan fingerprint density at radius 3 is 2.28 bits per heavy atom. The van der Waals surface area contributed by atoms with Gasteiger partial charge in [-0.05, 0) is 28.3 Å². The molecule has 0 amide bonds. The molecule has 2 aromatic carbocycles. The molecule has 0 bridgehead atoms. The normalized spacial score (nSPS) is 18.3. The Balaban J connectivity index is 2.10. The maximum Gasteiger partial charge on any atom is 0.330 e. The van der Waals surface area contributed by atoms with E-state index in [9.17, 15) is 9.59 Å². The summed E-state index contributed by atoms with van der Waals surface area (Å²) in [5.74, 6) is -1.36. The van der Waals surface area contributed by atoms with Gasteiger partial charge in [0, 0.05) is 12.4 Å². The van der Waals surface area contributed by atoms with Crippen LogP contribution >= 0.6 is 0 Å². The van der Waals surface area contributed by atoms with E-state index in [1.807, 2.05) is 60.7 Å². The van der Waals surface area contributed by atoms with Crippen molar-refractivity contribution in [2.75, 3.05) is 14.2 Å². The molecule has 0 N–H and O–H groups in total. The van der Waals surface area contributed by atoms with Crippen LogP contribution in [0.4, 0.5) is 0 Å². The van der Waals surface area contributed by atoms with Gasteiger partial charge in [-0.1, -0.05) is 54.6 Å². The van der Waals surface area contributed by atoms with Gasteiger partial charge >= 0.3 is 11.9 Å². The number of methoxy groups -OCH3 is 2. The molecule has 0 saturated heterocycles. The number of aromatic nitrogens is 2. The highest BCUT2D eigenvalue weighted by molar-refractivity contribution is 6.18. The van der Waals surface area contributed by atoms with Crippen molar-refractivity contribution in [2.24, 2.45) is 5.41 Å². The molecule has 1 aromatic heterocycles. The summed E-state index contributed by atoms with van der Waals surface area (Å²) >= 11 is 0. The molecular formula is C23H20N2O4. The summed E-state index contributed by atoms with van der Waals surface area (Å²) in [5.41, 5.74) is 1.32. The Labute approximate surface area is 168 Å². The molecule has 4 rings (SSSR count). The summed E-state index contributed by atoms with van der Waals surface area (Å²) in [4.78, 5) is 30.8. The third-order valence-electron chi connectivity index (χ3n) is 5.33. The van der Waals surface area contributed by atoms with Crippen LogP contribution in [0.3, 0.4) is 0 Å². The first kappa shape index (κ1) is 18.7. The lowest BCUT2D eigenvalue weighted by atomic mass is 9.76. The standard InChI is InChI=1S/C23H20N2O4/c1-28-21(26)23(22(27)29-2)19(14-16-8-4-3-5-9-16)17-10-6-7-11-18(17)20(23)25-13-12-24-15-25/h3-15,20H,1-2H3/b19-14-. The molecule has 0 saturated carbocycles. The number of carbonyl (C=O) groups is 2. The van der Waals surface area contributed by atoms with Crippen molar-refractivity contribution in [1.29, 1.82) is 0 Å². The Morgan fingerprint density at radius 2 is 1.66 bits per heavy atom. The highest BCUT2D eigenvalue weighted by atomic mass is 16.5. The van der Waals surface area contributed by atoms with Crippen LogP contribution in [0.15, 0.2) is 73.3 Å². The topological polar surface area (TPSA) is 70.4 Å². The zero-order valence-corrected chi connectivity index (χ0v) is 16.1. The molecule has 146 valence electrons. The average Bonchev–Trinajstić information content (AvgIpc) is 3.38. The number of carbonyl (C=O) groups excluding carboxylic acids is 2. The molecule has 0 radical (unpaired) electrons. The first-order valence-electron chi connectivity index (χ1n) is 9.15. The van der Waals surface area contributed by atoms with Crippen molar-refractivity contribution in [3.63, 3.8) is 0 Å². The lowest BCUT2D eigenvalue weighted by molar-refractivity contribution is -0.165. The highest BCUT2D eigenvalue weighted by Crippen LogP contribution is 2.57. The van der Waals surface area contributed by atoms with Crippen molar-refractivity contribution >= 4 is 23.6 Å². The first-order chi connectivity index (χ1) is 14.1. The fourth-order valence-electron chi connectivity index (χ4n) is 4.14. The number of rotatable bonds is 4.